The molecule has 0 aliphatic rings. The molecule has 0 spiro atoms. The fourth-order valence-electron chi connectivity index (χ4n) is 2.12. The maximum Gasteiger partial charge on any atom is 0.270 e. The van der Waals surface area contributed by atoms with Crippen LogP contribution >= 0.6 is 11.3 Å². The SMILES string of the molecule is Nc1nnc(C(=Cc2cccc([N+](=O)[O-])c2)c2ccccc2)s1. The number of rotatable bonds is 4. The van der Waals surface area contributed by atoms with Gasteiger partial charge in [-0.2, -0.15) is 0 Å². The summed E-state index contributed by atoms with van der Waals surface area (Å²) in [6.45, 7) is 0. The standard InChI is InChI=1S/C16H12N4O2S/c17-16-19-18-15(23-16)14(12-6-2-1-3-7-12)10-11-5-4-8-13(9-11)20(21)22/h1-10H,(H2,17,19). The molecule has 7 heteroatoms. The fourth-order valence-corrected chi connectivity index (χ4v) is 2.77. The Labute approximate surface area is 136 Å². The summed E-state index contributed by atoms with van der Waals surface area (Å²) < 4.78 is 0. The molecule has 1 heterocycles. The highest BCUT2D eigenvalue weighted by molar-refractivity contribution is 7.16. The summed E-state index contributed by atoms with van der Waals surface area (Å²) in [6, 6.07) is 16.1. The molecule has 2 N–H and O–H groups in total. The van der Waals surface area contributed by atoms with E-state index in [0.717, 1.165) is 11.1 Å². The molecule has 0 unspecified atom stereocenters. The van der Waals surface area contributed by atoms with Crippen molar-refractivity contribution in [3.8, 4) is 0 Å². The Kier molecular flexibility index (Phi) is 4.11. The highest BCUT2D eigenvalue weighted by atomic mass is 32.1. The first kappa shape index (κ1) is 14.9. The van der Waals surface area contributed by atoms with Crippen molar-refractivity contribution >= 4 is 33.8 Å². The molecule has 0 saturated heterocycles. The summed E-state index contributed by atoms with van der Waals surface area (Å²) in [5, 5.41) is 19.9. The van der Waals surface area contributed by atoms with Crippen molar-refractivity contribution < 1.29 is 4.92 Å². The number of benzene rings is 2. The average molecular weight is 324 g/mol. The lowest BCUT2D eigenvalue weighted by molar-refractivity contribution is -0.384. The van der Waals surface area contributed by atoms with Gasteiger partial charge in [0, 0.05) is 17.7 Å². The van der Waals surface area contributed by atoms with Gasteiger partial charge in [-0.25, -0.2) is 0 Å². The van der Waals surface area contributed by atoms with Crippen molar-refractivity contribution in [2.24, 2.45) is 0 Å². The van der Waals surface area contributed by atoms with Crippen molar-refractivity contribution in [2.75, 3.05) is 5.73 Å². The molecule has 0 amide bonds. The molecule has 0 aliphatic carbocycles. The molecule has 0 atom stereocenters. The monoisotopic (exact) mass is 324 g/mol. The number of nitro groups is 1. The van der Waals surface area contributed by atoms with Crippen molar-refractivity contribution in [3.63, 3.8) is 0 Å². The summed E-state index contributed by atoms with van der Waals surface area (Å²) >= 11 is 1.27. The molecule has 1 aromatic heterocycles. The molecule has 114 valence electrons. The Morgan fingerprint density at radius 3 is 2.57 bits per heavy atom. The number of anilines is 1. The van der Waals surface area contributed by atoms with E-state index in [-0.39, 0.29) is 5.69 Å². The molecule has 0 bridgehead atoms. The number of hydrogen-bond acceptors (Lipinski definition) is 6. The first-order chi connectivity index (χ1) is 11.1. The molecule has 6 nitrogen and oxygen atoms in total. The van der Waals surface area contributed by atoms with Gasteiger partial charge < -0.3 is 5.73 Å². The van der Waals surface area contributed by atoms with Crippen LogP contribution in [0.25, 0.3) is 11.6 Å². The predicted molar refractivity (Wildman–Crippen MR) is 90.8 cm³/mol. The number of nitrogens with zero attached hydrogens (tertiary/aromatic N) is 3. The van der Waals surface area contributed by atoms with Crippen LogP contribution in [-0.2, 0) is 0 Å². The fraction of sp³-hybridized carbons (Fsp3) is 0. The third-order valence-corrected chi connectivity index (χ3v) is 3.93. The molecular formula is C16H12N4O2S. The van der Waals surface area contributed by atoms with E-state index in [9.17, 15) is 10.1 Å². The number of nitrogen functional groups attached to an aromatic ring is 1. The number of hydrogen-bond donors (Lipinski definition) is 1. The number of nitro benzene ring substituents is 1. The highest BCUT2D eigenvalue weighted by Crippen LogP contribution is 2.29. The summed E-state index contributed by atoms with van der Waals surface area (Å²) in [5.74, 6) is 0. The van der Waals surface area contributed by atoms with E-state index in [1.54, 1.807) is 12.1 Å². The Morgan fingerprint density at radius 1 is 1.13 bits per heavy atom. The summed E-state index contributed by atoms with van der Waals surface area (Å²) in [5.41, 5.74) is 8.20. The van der Waals surface area contributed by atoms with Crippen LogP contribution in [0.3, 0.4) is 0 Å². The van der Waals surface area contributed by atoms with Gasteiger partial charge in [0.1, 0.15) is 5.01 Å². The van der Waals surface area contributed by atoms with Crippen LogP contribution in [0.1, 0.15) is 16.1 Å². The zero-order valence-electron chi connectivity index (χ0n) is 11.9. The van der Waals surface area contributed by atoms with Gasteiger partial charge in [-0.15, -0.1) is 10.2 Å². The van der Waals surface area contributed by atoms with Crippen LogP contribution in [0.5, 0.6) is 0 Å². The lowest BCUT2D eigenvalue weighted by Gasteiger charge is -2.04. The lowest BCUT2D eigenvalue weighted by atomic mass is 10.0. The number of aromatic nitrogens is 2. The van der Waals surface area contributed by atoms with Crippen molar-refractivity contribution in [3.05, 3.63) is 80.8 Å². The van der Waals surface area contributed by atoms with E-state index in [1.807, 2.05) is 36.4 Å². The summed E-state index contributed by atoms with van der Waals surface area (Å²) in [7, 11) is 0. The lowest BCUT2D eigenvalue weighted by Crippen LogP contribution is -1.90. The highest BCUT2D eigenvalue weighted by Gasteiger charge is 2.12. The quantitative estimate of drug-likeness (QED) is 0.449. The normalized spacial score (nSPS) is 11.4. The van der Waals surface area contributed by atoms with Crippen LogP contribution in [0.15, 0.2) is 54.6 Å². The summed E-state index contributed by atoms with van der Waals surface area (Å²) in [4.78, 5) is 10.5. The van der Waals surface area contributed by atoms with E-state index in [1.165, 1.54) is 23.5 Å². The van der Waals surface area contributed by atoms with Gasteiger partial charge in [-0.05, 0) is 17.2 Å². The minimum absolute atomic E-state index is 0.0444. The van der Waals surface area contributed by atoms with E-state index in [2.05, 4.69) is 10.2 Å². The Morgan fingerprint density at radius 2 is 1.91 bits per heavy atom. The van der Waals surface area contributed by atoms with E-state index in [0.29, 0.717) is 15.7 Å². The molecular weight excluding hydrogens is 312 g/mol. The molecule has 2 aromatic carbocycles. The van der Waals surface area contributed by atoms with Gasteiger partial charge in [-0.3, -0.25) is 10.1 Å². The minimum atomic E-state index is -0.414. The Balaban J connectivity index is 2.12. The maximum absolute atomic E-state index is 10.9. The topological polar surface area (TPSA) is 94.9 Å². The number of non-ortho nitro benzene ring substituents is 1. The van der Waals surface area contributed by atoms with Crippen molar-refractivity contribution in [1.82, 2.24) is 10.2 Å². The van der Waals surface area contributed by atoms with Crippen molar-refractivity contribution in [1.29, 1.82) is 0 Å². The smallest absolute Gasteiger partial charge is 0.270 e. The van der Waals surface area contributed by atoms with Crippen molar-refractivity contribution in [2.45, 2.75) is 0 Å². The van der Waals surface area contributed by atoms with E-state index < -0.39 is 4.92 Å². The van der Waals surface area contributed by atoms with Crippen LogP contribution in [0, 0.1) is 10.1 Å². The van der Waals surface area contributed by atoms with E-state index >= 15 is 0 Å². The van der Waals surface area contributed by atoms with Gasteiger partial charge in [0.05, 0.1) is 4.92 Å². The average Bonchev–Trinajstić information content (AvgIpc) is 3.00. The molecule has 0 aliphatic heterocycles. The third-order valence-electron chi connectivity index (χ3n) is 3.15. The molecule has 3 aromatic rings. The first-order valence-electron chi connectivity index (χ1n) is 6.74. The second-order valence-corrected chi connectivity index (χ2v) is 5.73. The van der Waals surface area contributed by atoms with Gasteiger partial charge in [0.15, 0.2) is 0 Å². The van der Waals surface area contributed by atoms with Crippen LogP contribution in [0.4, 0.5) is 10.8 Å². The summed E-state index contributed by atoms with van der Waals surface area (Å²) in [6.07, 6.45) is 1.85. The van der Waals surface area contributed by atoms with Gasteiger partial charge in [0.25, 0.3) is 5.69 Å². The second kappa shape index (κ2) is 6.37. The van der Waals surface area contributed by atoms with Crippen LogP contribution in [0.2, 0.25) is 0 Å². The van der Waals surface area contributed by atoms with Gasteiger partial charge >= 0.3 is 0 Å². The van der Waals surface area contributed by atoms with Gasteiger partial charge in [0.2, 0.25) is 5.13 Å². The molecule has 3 rings (SSSR count). The molecule has 0 fully saturated rings. The molecule has 0 radical (unpaired) electrons. The Hall–Kier alpha value is -3.06. The second-order valence-electron chi connectivity index (χ2n) is 4.72. The third kappa shape index (κ3) is 3.41. The van der Waals surface area contributed by atoms with Crippen LogP contribution < -0.4 is 5.73 Å². The maximum atomic E-state index is 10.9. The largest absolute Gasteiger partial charge is 0.374 e. The first-order valence-corrected chi connectivity index (χ1v) is 7.56. The zero-order valence-corrected chi connectivity index (χ0v) is 12.7. The van der Waals surface area contributed by atoms with E-state index in [4.69, 9.17) is 5.73 Å². The minimum Gasteiger partial charge on any atom is -0.374 e. The zero-order chi connectivity index (χ0) is 16.2. The molecule has 23 heavy (non-hydrogen) atoms. The number of nitrogens with two attached hydrogens (primary N) is 1. The van der Waals surface area contributed by atoms with Gasteiger partial charge in [-0.1, -0.05) is 53.8 Å². The predicted octanol–water partition coefficient (Wildman–Crippen LogP) is 3.62. The van der Waals surface area contributed by atoms with Crippen LogP contribution in [-0.4, -0.2) is 15.1 Å². The Bertz CT molecular complexity index is 875. The molecule has 0 saturated carbocycles.